The third-order valence-electron chi connectivity index (χ3n) is 4.67. The number of benzene rings is 1. The van der Waals surface area contributed by atoms with Gasteiger partial charge in [-0.1, -0.05) is 44.0 Å². The van der Waals surface area contributed by atoms with E-state index in [0.29, 0.717) is 17.1 Å². The number of amides is 1. The van der Waals surface area contributed by atoms with Gasteiger partial charge < -0.3 is 9.88 Å². The van der Waals surface area contributed by atoms with Crippen molar-refractivity contribution in [3.8, 4) is 11.4 Å². The van der Waals surface area contributed by atoms with Crippen LogP contribution in [-0.2, 0) is 6.54 Å². The molecule has 3 aromatic rings. The van der Waals surface area contributed by atoms with Crippen LogP contribution in [0.4, 0.5) is 5.69 Å². The lowest BCUT2D eigenvalue weighted by atomic mass is 10.1. The summed E-state index contributed by atoms with van der Waals surface area (Å²) in [6.07, 6.45) is 4.83. The average Bonchev–Trinajstić information content (AvgIpc) is 2.70. The fourth-order valence-corrected chi connectivity index (χ4v) is 3.28. The fraction of sp³-hybridized carbons (Fsp3) is 0.261. The van der Waals surface area contributed by atoms with E-state index in [1.165, 1.54) is 6.07 Å². The number of nitrogens with zero attached hydrogens (tertiary/aromatic N) is 2. The Labute approximate surface area is 165 Å². The fourth-order valence-electron chi connectivity index (χ4n) is 3.28. The van der Waals surface area contributed by atoms with Crippen molar-refractivity contribution >= 4 is 11.6 Å². The minimum Gasteiger partial charge on any atom is -0.343 e. The summed E-state index contributed by atoms with van der Waals surface area (Å²) in [6.45, 7) is 4.78. The number of aromatic nitrogens is 2. The number of anilines is 1. The number of nitrogens with one attached hydrogen (secondary N) is 1. The third-order valence-corrected chi connectivity index (χ3v) is 4.67. The summed E-state index contributed by atoms with van der Waals surface area (Å²) < 4.78 is 2.04. The molecule has 2 heterocycles. The van der Waals surface area contributed by atoms with E-state index in [4.69, 9.17) is 0 Å². The van der Waals surface area contributed by atoms with Crippen LogP contribution >= 0.6 is 0 Å². The number of hydrogen-bond donors (Lipinski definition) is 1. The Morgan fingerprint density at radius 2 is 1.82 bits per heavy atom. The molecule has 0 bridgehead atoms. The van der Waals surface area contributed by atoms with Gasteiger partial charge in [0.1, 0.15) is 5.56 Å². The standard InChI is InChI=1S/C23H25N3O2/c1-3-4-10-15-26-17(2)16-20(27)21(22(26)19-13-8-9-14-24-19)23(28)25-18-11-6-5-7-12-18/h5-9,11-14,16H,3-4,10,15H2,1-2H3,(H,25,28). The van der Waals surface area contributed by atoms with Crippen LogP contribution in [0.3, 0.4) is 0 Å². The Balaban J connectivity index is 2.13. The lowest BCUT2D eigenvalue weighted by Gasteiger charge is -2.19. The number of aryl methyl sites for hydroxylation is 1. The van der Waals surface area contributed by atoms with E-state index >= 15 is 0 Å². The predicted octanol–water partition coefficient (Wildman–Crippen LogP) is 4.66. The molecule has 5 heteroatoms. The van der Waals surface area contributed by atoms with E-state index in [1.807, 2.05) is 47.9 Å². The predicted molar refractivity (Wildman–Crippen MR) is 113 cm³/mol. The molecule has 0 spiro atoms. The molecule has 144 valence electrons. The summed E-state index contributed by atoms with van der Waals surface area (Å²) in [4.78, 5) is 30.3. The summed E-state index contributed by atoms with van der Waals surface area (Å²) in [5, 5.41) is 2.84. The Kier molecular flexibility index (Phi) is 6.37. The zero-order valence-electron chi connectivity index (χ0n) is 16.3. The van der Waals surface area contributed by atoms with Crippen molar-refractivity contribution in [2.45, 2.75) is 39.7 Å². The molecule has 0 unspecified atom stereocenters. The van der Waals surface area contributed by atoms with Crippen molar-refractivity contribution in [3.63, 3.8) is 0 Å². The van der Waals surface area contributed by atoms with Crippen molar-refractivity contribution in [1.82, 2.24) is 9.55 Å². The molecule has 0 saturated heterocycles. The smallest absolute Gasteiger partial charge is 0.261 e. The second kappa shape index (κ2) is 9.13. The number of hydrogen-bond acceptors (Lipinski definition) is 3. The number of pyridine rings is 2. The van der Waals surface area contributed by atoms with Crippen molar-refractivity contribution in [1.29, 1.82) is 0 Å². The number of carbonyl (C=O) groups is 1. The van der Waals surface area contributed by atoms with Gasteiger partial charge in [-0.25, -0.2) is 0 Å². The number of unbranched alkanes of at least 4 members (excludes halogenated alkanes) is 2. The van der Waals surface area contributed by atoms with Gasteiger partial charge in [0.15, 0.2) is 5.43 Å². The molecule has 1 aromatic carbocycles. The van der Waals surface area contributed by atoms with Crippen molar-refractivity contribution < 1.29 is 4.79 Å². The van der Waals surface area contributed by atoms with E-state index in [2.05, 4.69) is 17.2 Å². The van der Waals surface area contributed by atoms with Crippen LogP contribution in [-0.4, -0.2) is 15.5 Å². The highest BCUT2D eigenvalue weighted by Crippen LogP contribution is 2.23. The molecule has 0 aliphatic carbocycles. The summed E-state index contributed by atoms with van der Waals surface area (Å²) in [6, 6.07) is 16.2. The minimum absolute atomic E-state index is 0.129. The molecule has 0 radical (unpaired) electrons. The van der Waals surface area contributed by atoms with Crippen LogP contribution in [0.5, 0.6) is 0 Å². The monoisotopic (exact) mass is 375 g/mol. The summed E-state index contributed by atoms with van der Waals surface area (Å²) in [7, 11) is 0. The molecule has 0 aliphatic rings. The Bertz CT molecular complexity index is 996. The third kappa shape index (κ3) is 4.36. The summed E-state index contributed by atoms with van der Waals surface area (Å²) in [5.74, 6) is -0.416. The van der Waals surface area contributed by atoms with E-state index in [1.54, 1.807) is 18.3 Å². The number of para-hydroxylation sites is 1. The van der Waals surface area contributed by atoms with E-state index in [9.17, 15) is 9.59 Å². The van der Waals surface area contributed by atoms with Crippen LogP contribution in [0.1, 0.15) is 42.2 Å². The first-order chi connectivity index (χ1) is 13.6. The lowest BCUT2D eigenvalue weighted by Crippen LogP contribution is -2.27. The Morgan fingerprint density at radius 3 is 2.50 bits per heavy atom. The molecular weight excluding hydrogens is 350 g/mol. The molecule has 28 heavy (non-hydrogen) atoms. The van der Waals surface area contributed by atoms with Crippen LogP contribution in [0.25, 0.3) is 11.4 Å². The SMILES string of the molecule is CCCCCn1c(C)cc(=O)c(C(=O)Nc2ccccc2)c1-c1ccccn1. The molecule has 2 aromatic heterocycles. The molecule has 1 N–H and O–H groups in total. The molecule has 0 fully saturated rings. The zero-order chi connectivity index (χ0) is 19.9. The maximum absolute atomic E-state index is 13.1. The van der Waals surface area contributed by atoms with Gasteiger partial charge in [0, 0.05) is 30.2 Å². The first kappa shape index (κ1) is 19.5. The maximum Gasteiger partial charge on any atom is 0.261 e. The first-order valence-corrected chi connectivity index (χ1v) is 9.64. The van der Waals surface area contributed by atoms with Gasteiger partial charge in [-0.15, -0.1) is 0 Å². The van der Waals surface area contributed by atoms with Crippen LogP contribution in [0.2, 0.25) is 0 Å². The molecule has 0 atom stereocenters. The quantitative estimate of drug-likeness (QED) is 0.611. The van der Waals surface area contributed by atoms with Crippen molar-refractivity contribution in [2.24, 2.45) is 0 Å². The number of carbonyl (C=O) groups excluding carboxylic acids is 1. The van der Waals surface area contributed by atoms with Gasteiger partial charge in [0.05, 0.1) is 11.4 Å². The molecule has 0 saturated carbocycles. The topological polar surface area (TPSA) is 64.0 Å². The van der Waals surface area contributed by atoms with Crippen molar-refractivity contribution in [3.05, 3.63) is 82.3 Å². The molecule has 5 nitrogen and oxygen atoms in total. The second-order valence-electron chi connectivity index (χ2n) is 6.77. The van der Waals surface area contributed by atoms with E-state index in [0.717, 1.165) is 31.5 Å². The van der Waals surface area contributed by atoms with Crippen LogP contribution in [0, 0.1) is 6.92 Å². The van der Waals surface area contributed by atoms with Gasteiger partial charge >= 0.3 is 0 Å². The molecule has 1 amide bonds. The minimum atomic E-state index is -0.416. The Morgan fingerprint density at radius 1 is 1.07 bits per heavy atom. The molecule has 0 aliphatic heterocycles. The average molecular weight is 375 g/mol. The van der Waals surface area contributed by atoms with Gasteiger partial charge in [-0.3, -0.25) is 14.6 Å². The Hall–Kier alpha value is -3.21. The maximum atomic E-state index is 13.1. The summed E-state index contributed by atoms with van der Waals surface area (Å²) in [5.41, 5.74) is 2.52. The van der Waals surface area contributed by atoms with Gasteiger partial charge in [-0.2, -0.15) is 0 Å². The highest BCUT2D eigenvalue weighted by Gasteiger charge is 2.22. The number of rotatable bonds is 7. The largest absolute Gasteiger partial charge is 0.343 e. The highest BCUT2D eigenvalue weighted by molar-refractivity contribution is 6.07. The van der Waals surface area contributed by atoms with E-state index in [-0.39, 0.29) is 11.0 Å². The molecular formula is C23H25N3O2. The van der Waals surface area contributed by atoms with Gasteiger partial charge in [-0.05, 0) is 37.6 Å². The first-order valence-electron chi connectivity index (χ1n) is 9.64. The normalized spacial score (nSPS) is 10.6. The van der Waals surface area contributed by atoms with Crippen LogP contribution in [0.15, 0.2) is 65.6 Å². The van der Waals surface area contributed by atoms with Gasteiger partial charge in [0.25, 0.3) is 5.91 Å². The van der Waals surface area contributed by atoms with E-state index < -0.39 is 5.91 Å². The zero-order valence-corrected chi connectivity index (χ0v) is 16.3. The van der Waals surface area contributed by atoms with Gasteiger partial charge in [0.2, 0.25) is 0 Å². The highest BCUT2D eigenvalue weighted by atomic mass is 16.2. The molecule has 3 rings (SSSR count). The lowest BCUT2D eigenvalue weighted by molar-refractivity contribution is 0.102. The van der Waals surface area contributed by atoms with Crippen molar-refractivity contribution in [2.75, 3.05) is 5.32 Å². The van der Waals surface area contributed by atoms with Crippen LogP contribution < -0.4 is 10.7 Å². The second-order valence-corrected chi connectivity index (χ2v) is 6.77. The summed E-state index contributed by atoms with van der Waals surface area (Å²) >= 11 is 0.